The number of likely N-dealkylation sites (tertiary alicyclic amines) is 1. The standard InChI is InChI=1S/C20H21N3O2S/c1-13-15-7-2-3-8-16(15)22-18(13)19(24)21-14-6-4-10-23(12-14)20(25)17-9-5-11-26-17/h2-3,5,7-9,11,14,22H,4,6,10,12H2,1H3,(H,21,24)/t14-/m0/s1. The maximum absolute atomic E-state index is 12.8. The number of rotatable bonds is 3. The largest absolute Gasteiger partial charge is 0.350 e. The van der Waals surface area contributed by atoms with E-state index in [9.17, 15) is 9.59 Å². The molecule has 1 aromatic carbocycles. The molecule has 0 saturated carbocycles. The van der Waals surface area contributed by atoms with E-state index in [-0.39, 0.29) is 17.9 Å². The number of para-hydroxylation sites is 1. The maximum atomic E-state index is 12.8. The molecule has 1 aliphatic rings. The van der Waals surface area contributed by atoms with Gasteiger partial charge in [0, 0.05) is 30.0 Å². The minimum atomic E-state index is -0.103. The Morgan fingerprint density at radius 2 is 2.08 bits per heavy atom. The molecule has 5 nitrogen and oxygen atoms in total. The second-order valence-corrected chi connectivity index (χ2v) is 7.66. The number of aryl methyl sites for hydroxylation is 1. The van der Waals surface area contributed by atoms with Crippen LogP contribution >= 0.6 is 11.3 Å². The van der Waals surface area contributed by atoms with Gasteiger partial charge in [0.15, 0.2) is 0 Å². The van der Waals surface area contributed by atoms with Crippen molar-refractivity contribution in [2.24, 2.45) is 0 Å². The minimum Gasteiger partial charge on any atom is -0.350 e. The fourth-order valence-electron chi connectivity index (χ4n) is 3.60. The summed E-state index contributed by atoms with van der Waals surface area (Å²) in [4.78, 5) is 31.1. The molecule has 1 saturated heterocycles. The summed E-state index contributed by atoms with van der Waals surface area (Å²) in [7, 11) is 0. The molecule has 1 fully saturated rings. The number of benzene rings is 1. The summed E-state index contributed by atoms with van der Waals surface area (Å²) < 4.78 is 0. The molecule has 3 heterocycles. The first-order chi connectivity index (χ1) is 12.6. The molecule has 2 amide bonds. The molecule has 0 unspecified atom stereocenters. The van der Waals surface area contributed by atoms with Gasteiger partial charge in [-0.2, -0.15) is 0 Å². The highest BCUT2D eigenvalue weighted by Gasteiger charge is 2.27. The average Bonchev–Trinajstić information content (AvgIpc) is 3.30. The number of hydrogen-bond acceptors (Lipinski definition) is 3. The zero-order valence-corrected chi connectivity index (χ0v) is 15.4. The van der Waals surface area contributed by atoms with Gasteiger partial charge in [0.1, 0.15) is 5.69 Å². The Kier molecular flexibility index (Phi) is 4.51. The maximum Gasteiger partial charge on any atom is 0.268 e. The number of amides is 2. The quantitative estimate of drug-likeness (QED) is 0.743. The molecule has 6 heteroatoms. The Morgan fingerprint density at radius 1 is 1.23 bits per heavy atom. The Balaban J connectivity index is 1.47. The van der Waals surface area contributed by atoms with Gasteiger partial charge in [-0.15, -0.1) is 11.3 Å². The Morgan fingerprint density at radius 3 is 2.85 bits per heavy atom. The highest BCUT2D eigenvalue weighted by Crippen LogP contribution is 2.22. The van der Waals surface area contributed by atoms with Crippen molar-refractivity contribution in [1.82, 2.24) is 15.2 Å². The highest BCUT2D eigenvalue weighted by atomic mass is 32.1. The third-order valence-corrected chi connectivity index (χ3v) is 5.83. The lowest BCUT2D eigenvalue weighted by Crippen LogP contribution is -2.49. The van der Waals surface area contributed by atoms with Crippen molar-refractivity contribution < 1.29 is 9.59 Å². The van der Waals surface area contributed by atoms with Crippen LogP contribution in [0.25, 0.3) is 10.9 Å². The number of nitrogens with one attached hydrogen (secondary N) is 2. The van der Waals surface area contributed by atoms with Crippen LogP contribution in [-0.2, 0) is 0 Å². The average molecular weight is 367 g/mol. The lowest BCUT2D eigenvalue weighted by Gasteiger charge is -2.33. The zero-order valence-electron chi connectivity index (χ0n) is 14.6. The lowest BCUT2D eigenvalue weighted by atomic mass is 10.0. The number of aromatic nitrogens is 1. The molecule has 0 radical (unpaired) electrons. The van der Waals surface area contributed by atoms with Crippen LogP contribution in [0.15, 0.2) is 41.8 Å². The lowest BCUT2D eigenvalue weighted by molar-refractivity contribution is 0.0679. The Hall–Kier alpha value is -2.60. The van der Waals surface area contributed by atoms with Gasteiger partial charge in [0.05, 0.1) is 4.88 Å². The molecule has 26 heavy (non-hydrogen) atoms. The highest BCUT2D eigenvalue weighted by molar-refractivity contribution is 7.12. The van der Waals surface area contributed by atoms with Crippen LogP contribution in [0, 0.1) is 6.92 Å². The second-order valence-electron chi connectivity index (χ2n) is 6.71. The third kappa shape index (κ3) is 3.12. The van der Waals surface area contributed by atoms with Crippen molar-refractivity contribution in [3.63, 3.8) is 0 Å². The number of aromatic amines is 1. The molecule has 0 bridgehead atoms. The van der Waals surface area contributed by atoms with Gasteiger partial charge in [-0.25, -0.2) is 0 Å². The van der Waals surface area contributed by atoms with Gasteiger partial charge in [0.2, 0.25) is 0 Å². The summed E-state index contributed by atoms with van der Waals surface area (Å²) in [5.74, 6) is -0.0464. The summed E-state index contributed by atoms with van der Waals surface area (Å²) in [5.41, 5.74) is 2.53. The number of carbonyl (C=O) groups excluding carboxylic acids is 2. The number of hydrogen-bond donors (Lipinski definition) is 2. The van der Waals surface area contributed by atoms with Crippen LogP contribution in [0.5, 0.6) is 0 Å². The number of fused-ring (bicyclic) bond motifs is 1. The van der Waals surface area contributed by atoms with E-state index in [1.54, 1.807) is 0 Å². The first kappa shape index (κ1) is 16.8. The van der Waals surface area contributed by atoms with Crippen molar-refractivity contribution in [2.45, 2.75) is 25.8 Å². The molecule has 0 aliphatic carbocycles. The molecule has 1 atom stereocenters. The third-order valence-electron chi connectivity index (χ3n) is 4.97. The minimum absolute atomic E-state index is 0.0222. The molecule has 3 aromatic rings. The molecule has 2 aromatic heterocycles. The SMILES string of the molecule is Cc1c(C(=O)N[C@H]2CCCN(C(=O)c3cccs3)C2)[nH]c2ccccc12. The monoisotopic (exact) mass is 367 g/mol. The van der Waals surface area contributed by atoms with Crippen LogP contribution in [0.3, 0.4) is 0 Å². The van der Waals surface area contributed by atoms with E-state index in [4.69, 9.17) is 0 Å². The predicted octanol–water partition coefficient (Wildman–Crippen LogP) is 3.57. The molecule has 134 valence electrons. The first-order valence-electron chi connectivity index (χ1n) is 8.84. The topological polar surface area (TPSA) is 65.2 Å². The van der Waals surface area contributed by atoms with Crippen molar-refractivity contribution in [3.05, 3.63) is 57.9 Å². The van der Waals surface area contributed by atoms with E-state index in [0.717, 1.165) is 40.7 Å². The van der Waals surface area contributed by atoms with Crippen LogP contribution < -0.4 is 5.32 Å². The summed E-state index contributed by atoms with van der Waals surface area (Å²) in [5, 5.41) is 6.08. The second kappa shape index (κ2) is 6.96. The van der Waals surface area contributed by atoms with Crippen LogP contribution in [0.2, 0.25) is 0 Å². The van der Waals surface area contributed by atoms with E-state index in [1.807, 2.05) is 53.6 Å². The molecule has 4 rings (SSSR count). The van der Waals surface area contributed by atoms with Crippen molar-refractivity contribution in [1.29, 1.82) is 0 Å². The fraction of sp³-hybridized carbons (Fsp3) is 0.300. The van der Waals surface area contributed by atoms with Crippen LogP contribution in [0.4, 0.5) is 0 Å². The number of carbonyl (C=O) groups is 2. The van der Waals surface area contributed by atoms with E-state index >= 15 is 0 Å². The van der Waals surface area contributed by atoms with Gasteiger partial charge >= 0.3 is 0 Å². The first-order valence-corrected chi connectivity index (χ1v) is 9.72. The van der Waals surface area contributed by atoms with E-state index < -0.39 is 0 Å². The number of H-pyrrole nitrogens is 1. The van der Waals surface area contributed by atoms with Crippen molar-refractivity contribution in [3.8, 4) is 0 Å². The summed E-state index contributed by atoms with van der Waals surface area (Å²) in [6.45, 7) is 3.26. The Labute approximate surface area is 156 Å². The molecular weight excluding hydrogens is 346 g/mol. The number of thiophene rings is 1. The number of nitrogens with zero attached hydrogens (tertiary/aromatic N) is 1. The summed E-state index contributed by atoms with van der Waals surface area (Å²) in [6, 6.07) is 11.6. The van der Waals surface area contributed by atoms with Gasteiger partial charge < -0.3 is 15.2 Å². The summed E-state index contributed by atoms with van der Waals surface area (Å²) in [6.07, 6.45) is 1.78. The van der Waals surface area contributed by atoms with Gasteiger partial charge in [0.25, 0.3) is 11.8 Å². The molecular formula is C20H21N3O2S. The van der Waals surface area contributed by atoms with Gasteiger partial charge in [-0.05, 0) is 42.8 Å². The molecule has 2 N–H and O–H groups in total. The van der Waals surface area contributed by atoms with Crippen molar-refractivity contribution >= 4 is 34.1 Å². The van der Waals surface area contributed by atoms with Gasteiger partial charge in [-0.1, -0.05) is 24.3 Å². The summed E-state index contributed by atoms with van der Waals surface area (Å²) >= 11 is 1.46. The van der Waals surface area contributed by atoms with Gasteiger partial charge in [-0.3, -0.25) is 9.59 Å². The predicted molar refractivity (Wildman–Crippen MR) is 104 cm³/mol. The zero-order chi connectivity index (χ0) is 18.1. The van der Waals surface area contributed by atoms with Crippen molar-refractivity contribution in [2.75, 3.05) is 13.1 Å². The molecule has 0 spiro atoms. The number of piperidine rings is 1. The Bertz CT molecular complexity index is 945. The molecule has 1 aliphatic heterocycles. The van der Waals surface area contributed by atoms with E-state index in [1.165, 1.54) is 11.3 Å². The normalized spacial score (nSPS) is 17.4. The van der Waals surface area contributed by atoms with Crippen LogP contribution in [-0.4, -0.2) is 40.8 Å². The smallest absolute Gasteiger partial charge is 0.268 e. The van der Waals surface area contributed by atoms with E-state index in [0.29, 0.717) is 12.2 Å². The van der Waals surface area contributed by atoms with E-state index in [2.05, 4.69) is 10.3 Å². The fourth-order valence-corrected chi connectivity index (χ4v) is 4.29. The van der Waals surface area contributed by atoms with Crippen LogP contribution in [0.1, 0.15) is 38.6 Å².